The average molecular weight is 292 g/mol. The molecule has 2 nitrogen and oxygen atoms in total. The fourth-order valence-electron chi connectivity index (χ4n) is 4.50. The van der Waals surface area contributed by atoms with Crippen molar-refractivity contribution in [3.8, 4) is 0 Å². The Balaban J connectivity index is 1.51. The smallest absolute Gasteiger partial charge is 0.0406 e. The molecule has 4 rings (SSSR count). The van der Waals surface area contributed by atoms with Gasteiger partial charge in [-0.25, -0.2) is 0 Å². The lowest BCUT2D eigenvalue weighted by atomic mass is 9.76. The van der Waals surface area contributed by atoms with Gasteiger partial charge in [-0.2, -0.15) is 0 Å². The number of para-hydroxylation sites is 1. The van der Waals surface area contributed by atoms with Crippen molar-refractivity contribution in [2.75, 3.05) is 4.90 Å². The number of aromatic nitrogens is 1. The standard InChI is InChI=1S/C20H24N2/c1-2-8-18(9-3-1)22-19-10-6-11-20(22)15-16(14-19)13-17-7-4-5-12-21-17/h1-5,7-9,12,16,19-20H,6,10-11,13-15H2/t16-,19+,20-. The maximum absolute atomic E-state index is 4.53. The molecule has 0 unspecified atom stereocenters. The molecule has 22 heavy (non-hydrogen) atoms. The summed E-state index contributed by atoms with van der Waals surface area (Å²) in [6, 6.07) is 18.8. The summed E-state index contributed by atoms with van der Waals surface area (Å²) >= 11 is 0. The van der Waals surface area contributed by atoms with Crippen LogP contribution in [0.2, 0.25) is 0 Å². The second-order valence-electron chi connectivity index (χ2n) is 6.84. The Morgan fingerprint density at radius 2 is 1.64 bits per heavy atom. The summed E-state index contributed by atoms with van der Waals surface area (Å²) in [6.45, 7) is 0. The first-order valence-electron chi connectivity index (χ1n) is 8.63. The molecule has 2 bridgehead atoms. The first-order valence-corrected chi connectivity index (χ1v) is 8.63. The molecule has 0 aliphatic carbocycles. The van der Waals surface area contributed by atoms with E-state index in [1.165, 1.54) is 43.5 Å². The van der Waals surface area contributed by atoms with Crippen LogP contribution in [-0.4, -0.2) is 17.1 Å². The molecule has 3 heterocycles. The van der Waals surface area contributed by atoms with E-state index >= 15 is 0 Å². The third-order valence-corrected chi connectivity index (χ3v) is 5.35. The Morgan fingerprint density at radius 1 is 0.909 bits per heavy atom. The molecule has 0 amide bonds. The minimum atomic E-state index is 0.726. The van der Waals surface area contributed by atoms with Crippen molar-refractivity contribution in [1.82, 2.24) is 4.98 Å². The van der Waals surface area contributed by atoms with Gasteiger partial charge in [0.05, 0.1) is 0 Å². The van der Waals surface area contributed by atoms with E-state index in [2.05, 4.69) is 52.3 Å². The van der Waals surface area contributed by atoms with Gasteiger partial charge < -0.3 is 4.90 Å². The van der Waals surface area contributed by atoms with Crippen molar-refractivity contribution >= 4 is 5.69 Å². The molecular weight excluding hydrogens is 268 g/mol. The lowest BCUT2D eigenvalue weighted by Gasteiger charge is -2.50. The van der Waals surface area contributed by atoms with Gasteiger partial charge in [-0.1, -0.05) is 24.3 Å². The molecular formula is C20H24N2. The molecule has 0 saturated carbocycles. The molecule has 2 aromatic rings. The zero-order chi connectivity index (χ0) is 14.8. The molecule has 2 aliphatic rings. The number of benzene rings is 1. The lowest BCUT2D eigenvalue weighted by molar-refractivity contribution is 0.227. The van der Waals surface area contributed by atoms with E-state index in [0.29, 0.717) is 0 Å². The van der Waals surface area contributed by atoms with Crippen LogP contribution in [0.25, 0.3) is 0 Å². The Labute approximate surface area is 133 Å². The number of pyridine rings is 1. The highest BCUT2D eigenvalue weighted by atomic mass is 15.2. The van der Waals surface area contributed by atoms with Crippen LogP contribution in [0, 0.1) is 5.92 Å². The summed E-state index contributed by atoms with van der Waals surface area (Å²) in [6.07, 6.45) is 9.82. The van der Waals surface area contributed by atoms with E-state index in [0.717, 1.165) is 24.4 Å². The zero-order valence-electron chi connectivity index (χ0n) is 13.1. The highest BCUT2D eigenvalue weighted by Gasteiger charge is 2.38. The monoisotopic (exact) mass is 292 g/mol. The van der Waals surface area contributed by atoms with E-state index in [-0.39, 0.29) is 0 Å². The summed E-state index contributed by atoms with van der Waals surface area (Å²) in [7, 11) is 0. The van der Waals surface area contributed by atoms with Gasteiger partial charge >= 0.3 is 0 Å². The lowest BCUT2D eigenvalue weighted by Crippen LogP contribution is -2.52. The molecule has 2 aliphatic heterocycles. The average Bonchev–Trinajstić information content (AvgIpc) is 2.56. The molecule has 0 radical (unpaired) electrons. The van der Waals surface area contributed by atoms with E-state index in [4.69, 9.17) is 0 Å². The van der Waals surface area contributed by atoms with E-state index in [1.54, 1.807) is 0 Å². The largest absolute Gasteiger partial charge is 0.366 e. The van der Waals surface area contributed by atoms with Gasteiger partial charge in [0.1, 0.15) is 0 Å². The van der Waals surface area contributed by atoms with Crippen LogP contribution < -0.4 is 4.90 Å². The second kappa shape index (κ2) is 6.12. The van der Waals surface area contributed by atoms with Gasteiger partial charge in [-0.15, -0.1) is 0 Å². The summed E-state index contributed by atoms with van der Waals surface area (Å²) in [5, 5.41) is 0. The van der Waals surface area contributed by atoms with Crippen molar-refractivity contribution in [1.29, 1.82) is 0 Å². The quantitative estimate of drug-likeness (QED) is 0.830. The first kappa shape index (κ1) is 13.8. The summed E-state index contributed by atoms with van der Waals surface area (Å²) < 4.78 is 0. The van der Waals surface area contributed by atoms with Crippen LogP contribution in [0.3, 0.4) is 0 Å². The molecule has 0 N–H and O–H groups in total. The maximum atomic E-state index is 4.53. The highest BCUT2D eigenvalue weighted by molar-refractivity contribution is 5.49. The number of nitrogens with zero attached hydrogens (tertiary/aromatic N) is 2. The number of fused-ring (bicyclic) bond motifs is 2. The third-order valence-electron chi connectivity index (χ3n) is 5.35. The molecule has 1 aromatic carbocycles. The number of hydrogen-bond acceptors (Lipinski definition) is 2. The minimum Gasteiger partial charge on any atom is -0.366 e. The van der Waals surface area contributed by atoms with Crippen molar-refractivity contribution in [2.45, 2.75) is 50.6 Å². The summed E-state index contributed by atoms with van der Waals surface area (Å²) in [5.74, 6) is 0.796. The normalized spacial score (nSPS) is 27.6. The molecule has 114 valence electrons. The van der Waals surface area contributed by atoms with Crippen LogP contribution in [0.4, 0.5) is 5.69 Å². The molecule has 1 aromatic heterocycles. The fraction of sp³-hybridized carbons (Fsp3) is 0.450. The van der Waals surface area contributed by atoms with Gasteiger partial charge in [0.2, 0.25) is 0 Å². The van der Waals surface area contributed by atoms with E-state index in [9.17, 15) is 0 Å². The van der Waals surface area contributed by atoms with Gasteiger partial charge in [0.15, 0.2) is 0 Å². The van der Waals surface area contributed by atoms with Crippen LogP contribution in [-0.2, 0) is 6.42 Å². The number of anilines is 1. The predicted molar refractivity (Wildman–Crippen MR) is 91.0 cm³/mol. The van der Waals surface area contributed by atoms with Crippen LogP contribution in [0.15, 0.2) is 54.7 Å². The summed E-state index contributed by atoms with van der Waals surface area (Å²) in [5.41, 5.74) is 2.69. The molecule has 0 spiro atoms. The topological polar surface area (TPSA) is 16.1 Å². The Morgan fingerprint density at radius 3 is 2.32 bits per heavy atom. The van der Waals surface area contributed by atoms with Crippen molar-refractivity contribution < 1.29 is 0 Å². The maximum Gasteiger partial charge on any atom is 0.0406 e. The summed E-state index contributed by atoms with van der Waals surface area (Å²) in [4.78, 5) is 7.25. The van der Waals surface area contributed by atoms with Gasteiger partial charge in [0.25, 0.3) is 0 Å². The Bertz CT molecular complexity index is 582. The third kappa shape index (κ3) is 2.75. The second-order valence-corrected chi connectivity index (χ2v) is 6.84. The SMILES string of the molecule is c1ccc(N2[C@@H]3CCC[C@H]2C[C@@H](Cc2ccccn2)C3)cc1. The van der Waals surface area contributed by atoms with Gasteiger partial charge in [-0.05, 0) is 68.7 Å². The predicted octanol–water partition coefficient (Wildman–Crippen LogP) is 4.46. The van der Waals surface area contributed by atoms with Crippen LogP contribution in [0.1, 0.15) is 37.8 Å². The van der Waals surface area contributed by atoms with E-state index in [1.807, 2.05) is 12.3 Å². The molecule has 2 fully saturated rings. The first-order chi connectivity index (χ1) is 10.9. The minimum absolute atomic E-state index is 0.726. The molecule has 2 saturated heterocycles. The van der Waals surface area contributed by atoms with Crippen LogP contribution >= 0.6 is 0 Å². The van der Waals surface area contributed by atoms with Crippen molar-refractivity contribution in [3.63, 3.8) is 0 Å². The number of piperidine rings is 2. The molecule has 3 atom stereocenters. The van der Waals surface area contributed by atoms with Crippen molar-refractivity contribution in [2.24, 2.45) is 5.92 Å². The van der Waals surface area contributed by atoms with Crippen molar-refractivity contribution in [3.05, 3.63) is 60.4 Å². The van der Waals surface area contributed by atoms with Gasteiger partial charge in [0, 0.05) is 29.7 Å². The fourth-order valence-corrected chi connectivity index (χ4v) is 4.50. The van der Waals surface area contributed by atoms with Crippen LogP contribution in [0.5, 0.6) is 0 Å². The zero-order valence-corrected chi connectivity index (χ0v) is 13.1. The highest BCUT2D eigenvalue weighted by Crippen LogP contribution is 2.40. The number of rotatable bonds is 3. The molecule has 2 heteroatoms. The Kier molecular flexibility index (Phi) is 3.84. The van der Waals surface area contributed by atoms with E-state index < -0.39 is 0 Å². The van der Waals surface area contributed by atoms with Gasteiger partial charge in [-0.3, -0.25) is 4.98 Å². The Hall–Kier alpha value is -1.83. The number of hydrogen-bond donors (Lipinski definition) is 0.